The third-order valence-electron chi connectivity index (χ3n) is 6.35. The van der Waals surface area contributed by atoms with Gasteiger partial charge in [0.05, 0.1) is 32.1 Å². The molecule has 1 saturated carbocycles. The van der Waals surface area contributed by atoms with Crippen molar-refractivity contribution in [3.05, 3.63) is 73.7 Å². The number of carbonyl (C=O) groups is 2. The van der Waals surface area contributed by atoms with Crippen molar-refractivity contribution < 1.29 is 49.1 Å². The first-order chi connectivity index (χ1) is 19.1. The zero-order chi connectivity index (χ0) is 32.0. The van der Waals surface area contributed by atoms with Crippen LogP contribution in [-0.2, 0) is 11.0 Å². The number of hydrogen-bond acceptors (Lipinski definition) is 2. The van der Waals surface area contributed by atoms with Gasteiger partial charge >= 0.3 is 12.4 Å². The van der Waals surface area contributed by atoms with Crippen molar-refractivity contribution in [1.82, 2.24) is 10.2 Å². The fraction of sp³-hybridized carbons (Fsp3) is 0.385. The molecule has 3 rings (SSSR count). The fourth-order valence-corrected chi connectivity index (χ4v) is 4.78. The number of alkyl halides is 8. The Labute approximate surface area is 248 Å². The molecule has 0 saturated heterocycles. The number of benzene rings is 2. The summed E-state index contributed by atoms with van der Waals surface area (Å²) in [6, 6.07) is 3.50. The van der Waals surface area contributed by atoms with Gasteiger partial charge in [-0.2, -0.15) is 26.3 Å². The van der Waals surface area contributed by atoms with Crippen molar-refractivity contribution in [2.45, 2.75) is 49.5 Å². The summed E-state index contributed by atoms with van der Waals surface area (Å²) >= 11 is 17.6. The number of nitrogens with one attached hydrogen (secondary N) is 1. The highest BCUT2D eigenvalue weighted by Gasteiger charge is 2.54. The van der Waals surface area contributed by atoms with Crippen molar-refractivity contribution in [2.24, 2.45) is 0 Å². The minimum atomic E-state index is -5.26. The normalized spacial score (nSPS) is 16.2. The molecule has 42 heavy (non-hydrogen) atoms. The summed E-state index contributed by atoms with van der Waals surface area (Å²) in [7, 11) is 0.826. The third-order valence-corrected chi connectivity index (χ3v) is 7.54. The summed E-state index contributed by atoms with van der Waals surface area (Å²) in [6.45, 7) is -1.21. The molecular formula is C26H20Cl3F9N2O2. The van der Waals surface area contributed by atoms with Crippen LogP contribution in [0, 0.1) is 0 Å². The van der Waals surface area contributed by atoms with Crippen molar-refractivity contribution >= 4 is 52.4 Å². The van der Waals surface area contributed by atoms with E-state index in [1.807, 2.05) is 0 Å². The Kier molecular flexibility index (Phi) is 9.51. The lowest BCUT2D eigenvalue weighted by Gasteiger charge is -2.25. The van der Waals surface area contributed by atoms with Crippen LogP contribution in [0.5, 0.6) is 0 Å². The number of nitrogens with zero attached hydrogens (tertiary/aromatic N) is 1. The molecule has 0 aliphatic heterocycles. The Morgan fingerprint density at radius 1 is 1.00 bits per heavy atom. The first-order valence-corrected chi connectivity index (χ1v) is 12.9. The minimum Gasteiger partial charge on any atom is -0.338 e. The Morgan fingerprint density at radius 3 is 2.00 bits per heavy atom. The van der Waals surface area contributed by atoms with E-state index in [4.69, 9.17) is 34.8 Å². The zero-order valence-corrected chi connectivity index (χ0v) is 23.7. The van der Waals surface area contributed by atoms with E-state index in [0.29, 0.717) is 24.0 Å². The summed E-state index contributed by atoms with van der Waals surface area (Å²) in [5, 5.41) is 1.45. The maximum Gasteiger partial charge on any atom is 0.417 e. The smallest absolute Gasteiger partial charge is 0.338 e. The maximum atomic E-state index is 15.2. The highest BCUT2D eigenvalue weighted by Crippen LogP contribution is 2.43. The van der Waals surface area contributed by atoms with Crippen molar-refractivity contribution in [3.8, 4) is 0 Å². The van der Waals surface area contributed by atoms with Crippen LogP contribution in [0.15, 0.2) is 36.4 Å². The molecule has 0 radical (unpaired) electrons. The molecule has 2 amide bonds. The molecule has 2 aromatic carbocycles. The number of carbonyl (C=O) groups excluding carboxylic acids is 2. The third kappa shape index (κ3) is 7.84. The van der Waals surface area contributed by atoms with Crippen LogP contribution in [0.3, 0.4) is 0 Å². The Hall–Kier alpha value is -2.64. The van der Waals surface area contributed by atoms with Crippen LogP contribution in [0.1, 0.15) is 52.7 Å². The maximum absolute atomic E-state index is 15.2. The molecule has 2 aromatic rings. The predicted molar refractivity (Wildman–Crippen MR) is 138 cm³/mol. The van der Waals surface area contributed by atoms with E-state index < -0.39 is 70.6 Å². The highest BCUT2D eigenvalue weighted by molar-refractivity contribution is 6.48. The number of rotatable bonds is 8. The van der Waals surface area contributed by atoms with Crippen molar-refractivity contribution in [2.75, 3.05) is 13.6 Å². The molecular weight excluding hydrogens is 650 g/mol. The van der Waals surface area contributed by atoms with Gasteiger partial charge in [0.15, 0.2) is 0 Å². The van der Waals surface area contributed by atoms with Crippen molar-refractivity contribution in [1.29, 1.82) is 0 Å². The van der Waals surface area contributed by atoms with Gasteiger partial charge in [0, 0.05) is 19.5 Å². The van der Waals surface area contributed by atoms with Gasteiger partial charge in [-0.3, -0.25) is 9.59 Å². The molecule has 4 nitrogen and oxygen atoms in total. The molecule has 1 unspecified atom stereocenters. The molecule has 0 bridgehead atoms. The number of amides is 2. The first-order valence-electron chi connectivity index (χ1n) is 11.8. The SMILES string of the molecule is CN(CC(F)(F)F)C(=O)C1(NC(=O)c2ccc(/C(F)=C/C(c3cc(Cl)c(Cl)c(Cl)c3)C(C)(F)F)cc2C(F)(F)F)CC1. The van der Waals surface area contributed by atoms with Crippen molar-refractivity contribution in [3.63, 3.8) is 0 Å². The highest BCUT2D eigenvalue weighted by atomic mass is 35.5. The molecule has 0 spiro atoms. The van der Waals surface area contributed by atoms with Gasteiger partial charge < -0.3 is 10.2 Å². The summed E-state index contributed by atoms with van der Waals surface area (Å²) in [6.07, 6.45) is -9.90. The van der Waals surface area contributed by atoms with Crippen LogP contribution in [0.25, 0.3) is 5.83 Å². The number of hydrogen-bond donors (Lipinski definition) is 1. The van der Waals surface area contributed by atoms with E-state index in [9.17, 15) is 44.7 Å². The van der Waals surface area contributed by atoms with Gasteiger partial charge in [-0.25, -0.2) is 13.2 Å². The monoisotopic (exact) mass is 668 g/mol. The molecule has 1 aliphatic rings. The Bertz CT molecular complexity index is 1390. The minimum absolute atomic E-state index is 0.123. The van der Waals surface area contributed by atoms with E-state index in [-0.39, 0.29) is 39.5 Å². The second kappa shape index (κ2) is 11.8. The van der Waals surface area contributed by atoms with Crippen LogP contribution < -0.4 is 5.32 Å². The molecule has 0 heterocycles. The number of likely N-dealkylation sites (N-methyl/N-ethyl adjacent to an activating group) is 1. The van der Waals surface area contributed by atoms with E-state index in [0.717, 1.165) is 25.2 Å². The Balaban J connectivity index is 1.97. The van der Waals surface area contributed by atoms with Crippen LogP contribution >= 0.6 is 34.8 Å². The van der Waals surface area contributed by atoms with Crippen LogP contribution in [-0.4, -0.2) is 47.9 Å². The largest absolute Gasteiger partial charge is 0.417 e. The average molecular weight is 670 g/mol. The summed E-state index contributed by atoms with van der Waals surface area (Å²) in [5.74, 6) is -9.83. The van der Waals surface area contributed by atoms with Crippen LogP contribution in [0.4, 0.5) is 39.5 Å². The van der Waals surface area contributed by atoms with Gasteiger partial charge in [-0.1, -0.05) is 40.9 Å². The first kappa shape index (κ1) is 33.9. The predicted octanol–water partition coefficient (Wildman–Crippen LogP) is 8.70. The fourth-order valence-electron chi connectivity index (χ4n) is 4.17. The Morgan fingerprint density at radius 2 is 1.55 bits per heavy atom. The zero-order valence-electron chi connectivity index (χ0n) is 21.5. The van der Waals surface area contributed by atoms with Crippen LogP contribution in [0.2, 0.25) is 15.1 Å². The second-order valence-corrected chi connectivity index (χ2v) is 11.0. The quantitative estimate of drug-likeness (QED) is 0.226. The van der Waals surface area contributed by atoms with E-state index >= 15 is 4.39 Å². The summed E-state index contributed by atoms with van der Waals surface area (Å²) in [4.78, 5) is 25.6. The lowest BCUT2D eigenvalue weighted by Crippen LogP contribution is -2.51. The van der Waals surface area contributed by atoms with E-state index in [1.165, 1.54) is 0 Å². The standard InChI is InChI=1S/C26H20Cl3F9N2O2/c1-23(31,32)15(13-8-17(27)20(29)18(28)9-13)10-19(30)12-3-4-14(16(7-12)26(36,37)38)21(41)39-24(5-6-24)22(42)40(2)11-25(33,34)35/h3-4,7-10,15H,5-6,11H2,1-2H3,(H,39,41)/b19-10-. The molecule has 1 fully saturated rings. The van der Waals surface area contributed by atoms with Gasteiger partial charge in [-0.15, -0.1) is 0 Å². The molecule has 230 valence electrons. The average Bonchev–Trinajstić information content (AvgIpc) is 3.62. The van der Waals surface area contributed by atoms with Gasteiger partial charge in [-0.05, 0) is 48.7 Å². The molecule has 1 aliphatic carbocycles. The molecule has 0 aromatic heterocycles. The molecule has 16 heteroatoms. The van der Waals surface area contributed by atoms with Gasteiger partial charge in [0.1, 0.15) is 17.9 Å². The lowest BCUT2D eigenvalue weighted by molar-refractivity contribution is -0.160. The van der Waals surface area contributed by atoms with Gasteiger partial charge in [0.25, 0.3) is 11.8 Å². The topological polar surface area (TPSA) is 49.4 Å². The summed E-state index contributed by atoms with van der Waals surface area (Å²) in [5.41, 5.74) is -5.69. The summed E-state index contributed by atoms with van der Waals surface area (Å²) < 4.78 is 124. The molecule has 1 atom stereocenters. The van der Waals surface area contributed by atoms with Gasteiger partial charge in [0.2, 0.25) is 5.91 Å². The molecule has 1 N–H and O–H groups in total. The second-order valence-electron chi connectivity index (χ2n) is 9.82. The lowest BCUT2D eigenvalue weighted by atomic mass is 9.91. The van der Waals surface area contributed by atoms with E-state index in [2.05, 4.69) is 5.32 Å². The van der Waals surface area contributed by atoms with E-state index in [1.54, 1.807) is 0 Å². The number of allylic oxidation sites excluding steroid dienone is 1. The number of halogens is 12.